The molecule has 0 aliphatic carbocycles. The fourth-order valence-electron chi connectivity index (χ4n) is 1.23. The number of nitrogens with zero attached hydrogens (tertiary/aromatic N) is 2. The van der Waals surface area contributed by atoms with Crippen molar-refractivity contribution in [3.05, 3.63) is 16.4 Å². The van der Waals surface area contributed by atoms with Gasteiger partial charge in [0.05, 0.1) is 10.7 Å². The van der Waals surface area contributed by atoms with Gasteiger partial charge < -0.3 is 0 Å². The Morgan fingerprint density at radius 1 is 1.36 bits per heavy atom. The smallest absolute Gasteiger partial charge is 0.265 e. The molecule has 1 rings (SSSR count). The average molecular weight is 223 g/mol. The van der Waals surface area contributed by atoms with Gasteiger partial charge in [0.15, 0.2) is 0 Å². The van der Waals surface area contributed by atoms with Crippen LogP contribution in [0.1, 0.15) is 38.6 Å². The molecule has 5 heteroatoms. The largest absolute Gasteiger partial charge is 0.281 e. The summed E-state index contributed by atoms with van der Waals surface area (Å²) in [5.41, 5.74) is -0.0179. The van der Waals surface area contributed by atoms with Gasteiger partial charge in [0, 0.05) is 12.5 Å². The lowest BCUT2D eigenvalue weighted by atomic mass is 9.92. The Bertz CT molecular complexity index is 339. The molecule has 0 bridgehead atoms. The molecule has 1 heterocycles. The molecule has 0 unspecified atom stereocenters. The summed E-state index contributed by atoms with van der Waals surface area (Å²) < 4.78 is 26.2. The highest BCUT2D eigenvalue weighted by Gasteiger charge is 2.28. The third-order valence-corrected chi connectivity index (χ3v) is 2.32. The number of aromatic nitrogens is 2. The van der Waals surface area contributed by atoms with Gasteiger partial charge in [-0.2, -0.15) is 5.10 Å². The first-order valence-electron chi connectivity index (χ1n) is 4.26. The van der Waals surface area contributed by atoms with Crippen LogP contribution in [-0.2, 0) is 12.5 Å². The molecule has 0 aliphatic heterocycles. The lowest BCUT2D eigenvalue weighted by Crippen LogP contribution is -2.12. The summed E-state index contributed by atoms with van der Waals surface area (Å²) >= 11 is 5.85. The zero-order chi connectivity index (χ0) is 11.1. The first-order chi connectivity index (χ1) is 6.25. The molecule has 0 atom stereocenters. The highest BCUT2D eigenvalue weighted by atomic mass is 35.5. The molecule has 80 valence electrons. The van der Waals surface area contributed by atoms with Crippen molar-refractivity contribution in [1.29, 1.82) is 0 Å². The Kier molecular flexibility index (Phi) is 2.86. The maximum absolute atomic E-state index is 12.5. The van der Waals surface area contributed by atoms with Crippen LogP contribution in [0.25, 0.3) is 0 Å². The Balaban J connectivity index is 3.31. The summed E-state index contributed by atoms with van der Waals surface area (Å²) in [7, 11) is 1.47. The third kappa shape index (κ3) is 1.90. The van der Waals surface area contributed by atoms with Crippen molar-refractivity contribution in [3.63, 3.8) is 0 Å². The predicted octanol–water partition coefficient (Wildman–Crippen LogP) is 3.31. The molecule has 0 N–H and O–H groups in total. The van der Waals surface area contributed by atoms with E-state index in [0.717, 1.165) is 4.68 Å². The predicted molar refractivity (Wildman–Crippen MR) is 51.9 cm³/mol. The molecule has 0 amide bonds. The SMILES string of the molecule is Cn1nc(C(C)(C)C)c(Cl)c1C(F)F. The second-order valence-corrected chi connectivity index (χ2v) is 4.60. The van der Waals surface area contributed by atoms with Gasteiger partial charge in [-0.15, -0.1) is 0 Å². The van der Waals surface area contributed by atoms with E-state index < -0.39 is 6.43 Å². The van der Waals surface area contributed by atoms with Crippen molar-refractivity contribution in [1.82, 2.24) is 9.78 Å². The first-order valence-corrected chi connectivity index (χ1v) is 4.64. The van der Waals surface area contributed by atoms with E-state index in [-0.39, 0.29) is 16.1 Å². The van der Waals surface area contributed by atoms with E-state index in [0.29, 0.717) is 5.69 Å². The third-order valence-electron chi connectivity index (χ3n) is 1.95. The summed E-state index contributed by atoms with van der Waals surface area (Å²) in [6, 6.07) is 0. The number of aryl methyl sites for hydroxylation is 1. The first kappa shape index (κ1) is 11.4. The van der Waals surface area contributed by atoms with E-state index >= 15 is 0 Å². The Morgan fingerprint density at radius 3 is 2.07 bits per heavy atom. The topological polar surface area (TPSA) is 17.8 Å². The summed E-state index contributed by atoms with van der Waals surface area (Å²) in [4.78, 5) is 0. The van der Waals surface area contributed by atoms with E-state index in [1.54, 1.807) is 0 Å². The van der Waals surface area contributed by atoms with Gasteiger partial charge in [0.2, 0.25) is 0 Å². The van der Waals surface area contributed by atoms with Crippen LogP contribution in [0.3, 0.4) is 0 Å². The summed E-state index contributed by atoms with van der Waals surface area (Å²) in [5.74, 6) is 0. The van der Waals surface area contributed by atoms with Crippen molar-refractivity contribution < 1.29 is 8.78 Å². The number of rotatable bonds is 1. The second-order valence-electron chi connectivity index (χ2n) is 4.22. The average Bonchev–Trinajstić information content (AvgIpc) is 2.24. The van der Waals surface area contributed by atoms with E-state index in [4.69, 9.17) is 11.6 Å². The van der Waals surface area contributed by atoms with Crippen LogP contribution in [0.4, 0.5) is 8.78 Å². The van der Waals surface area contributed by atoms with Crippen molar-refractivity contribution in [3.8, 4) is 0 Å². The zero-order valence-electron chi connectivity index (χ0n) is 8.61. The number of hydrogen-bond acceptors (Lipinski definition) is 1. The van der Waals surface area contributed by atoms with E-state index in [1.165, 1.54) is 7.05 Å². The van der Waals surface area contributed by atoms with Gasteiger partial charge in [-0.1, -0.05) is 32.4 Å². The number of hydrogen-bond donors (Lipinski definition) is 0. The maximum atomic E-state index is 12.5. The lowest BCUT2D eigenvalue weighted by Gasteiger charge is -2.15. The van der Waals surface area contributed by atoms with Crippen molar-refractivity contribution >= 4 is 11.6 Å². The molecule has 2 nitrogen and oxygen atoms in total. The maximum Gasteiger partial charge on any atom is 0.281 e. The summed E-state index contributed by atoms with van der Waals surface area (Å²) in [5, 5.41) is 4.09. The fourth-order valence-corrected chi connectivity index (χ4v) is 1.75. The van der Waals surface area contributed by atoms with Crippen molar-refractivity contribution in [2.45, 2.75) is 32.6 Å². The molecule has 0 saturated heterocycles. The highest BCUT2D eigenvalue weighted by Crippen LogP contribution is 2.35. The van der Waals surface area contributed by atoms with Gasteiger partial charge in [-0.25, -0.2) is 8.78 Å². The molecule has 0 saturated carbocycles. The Labute approximate surface area is 86.9 Å². The van der Waals surface area contributed by atoms with Crippen LogP contribution >= 0.6 is 11.6 Å². The minimum Gasteiger partial charge on any atom is -0.265 e. The molecule has 0 fully saturated rings. The normalized spacial score (nSPS) is 12.6. The van der Waals surface area contributed by atoms with Crippen LogP contribution in [0.2, 0.25) is 5.02 Å². The minimum absolute atomic E-state index is 0.0787. The van der Waals surface area contributed by atoms with E-state index in [9.17, 15) is 8.78 Å². The zero-order valence-corrected chi connectivity index (χ0v) is 9.36. The van der Waals surface area contributed by atoms with Gasteiger partial charge in [-0.05, 0) is 0 Å². The van der Waals surface area contributed by atoms with Crippen LogP contribution in [-0.4, -0.2) is 9.78 Å². The van der Waals surface area contributed by atoms with E-state index in [1.807, 2.05) is 20.8 Å². The Hall–Kier alpha value is -0.640. The van der Waals surface area contributed by atoms with Crippen LogP contribution in [0, 0.1) is 0 Å². The van der Waals surface area contributed by atoms with Crippen LogP contribution in [0.5, 0.6) is 0 Å². The molecule has 0 aromatic carbocycles. The summed E-state index contributed by atoms with van der Waals surface area (Å²) in [6.45, 7) is 5.66. The minimum atomic E-state index is -2.59. The molecular weight excluding hydrogens is 210 g/mol. The Morgan fingerprint density at radius 2 is 1.86 bits per heavy atom. The highest BCUT2D eigenvalue weighted by molar-refractivity contribution is 6.32. The molecule has 0 spiro atoms. The van der Waals surface area contributed by atoms with Gasteiger partial charge in [-0.3, -0.25) is 4.68 Å². The standard InChI is InChI=1S/C9H13ClF2N2/c1-9(2,3)7-5(10)6(8(11)12)14(4)13-7/h8H,1-4H3. The quantitative estimate of drug-likeness (QED) is 0.713. The van der Waals surface area contributed by atoms with Crippen molar-refractivity contribution in [2.75, 3.05) is 0 Å². The summed E-state index contributed by atoms with van der Waals surface area (Å²) in [6.07, 6.45) is -2.59. The van der Waals surface area contributed by atoms with Gasteiger partial charge in [0.25, 0.3) is 6.43 Å². The second kappa shape index (κ2) is 3.50. The monoisotopic (exact) mass is 222 g/mol. The molecule has 14 heavy (non-hydrogen) atoms. The van der Waals surface area contributed by atoms with Crippen LogP contribution in [0.15, 0.2) is 0 Å². The molecule has 0 aliphatic rings. The molecule has 1 aromatic heterocycles. The molecule has 1 aromatic rings. The van der Waals surface area contributed by atoms with Gasteiger partial charge in [0.1, 0.15) is 5.69 Å². The molecule has 0 radical (unpaired) electrons. The molecular formula is C9H13ClF2N2. The van der Waals surface area contributed by atoms with Crippen LogP contribution < -0.4 is 0 Å². The number of alkyl halides is 2. The van der Waals surface area contributed by atoms with Gasteiger partial charge >= 0.3 is 0 Å². The lowest BCUT2D eigenvalue weighted by molar-refractivity contribution is 0.141. The van der Waals surface area contributed by atoms with Crippen molar-refractivity contribution in [2.24, 2.45) is 7.05 Å². The fraction of sp³-hybridized carbons (Fsp3) is 0.667. The van der Waals surface area contributed by atoms with E-state index in [2.05, 4.69) is 5.10 Å². The number of halogens is 3.